The van der Waals surface area contributed by atoms with Crippen LogP contribution in [0.15, 0.2) is 0 Å². The Bertz CT molecular complexity index is 170. The number of nitrogens with one attached hydrogen (secondary N) is 1. The first-order chi connectivity index (χ1) is 7.26. The van der Waals surface area contributed by atoms with Gasteiger partial charge in [0, 0.05) is 25.3 Å². The molecule has 0 aromatic heterocycles. The Morgan fingerprint density at radius 2 is 2.20 bits per heavy atom. The Kier molecular flexibility index (Phi) is 5.53. The highest BCUT2D eigenvalue weighted by atomic mass is 16.5. The topological polar surface area (TPSA) is 67.5 Å². The van der Waals surface area contributed by atoms with Gasteiger partial charge in [0.15, 0.2) is 0 Å². The fraction of sp³-hybridized carbons (Fsp3) is 1.00. The minimum Gasteiger partial charge on any atom is -0.396 e. The van der Waals surface area contributed by atoms with E-state index in [0.717, 1.165) is 38.8 Å². The Morgan fingerprint density at radius 3 is 2.73 bits per heavy atom. The molecule has 0 aliphatic heterocycles. The molecule has 4 N–H and O–H groups in total. The highest BCUT2D eigenvalue weighted by Gasteiger charge is 2.43. The Labute approximate surface area is 92.2 Å². The van der Waals surface area contributed by atoms with Crippen molar-refractivity contribution in [1.82, 2.24) is 5.32 Å². The molecule has 0 heterocycles. The van der Waals surface area contributed by atoms with E-state index in [1.165, 1.54) is 0 Å². The Hall–Kier alpha value is -0.160. The van der Waals surface area contributed by atoms with Crippen LogP contribution in [-0.2, 0) is 4.74 Å². The number of hydrogen-bond acceptors (Lipinski definition) is 4. The first-order valence-corrected chi connectivity index (χ1v) is 5.94. The van der Waals surface area contributed by atoms with Crippen LogP contribution in [0.5, 0.6) is 0 Å². The van der Waals surface area contributed by atoms with Gasteiger partial charge >= 0.3 is 0 Å². The maximum Gasteiger partial charge on any atom is 0.0611 e. The number of unbranched alkanes of at least 4 members (excludes halogenated alkanes) is 1. The van der Waals surface area contributed by atoms with Crippen molar-refractivity contribution in [3.8, 4) is 0 Å². The average molecular weight is 216 g/mol. The molecule has 1 saturated carbocycles. The molecule has 0 radical (unpaired) electrons. The molecular formula is C11H24N2O2. The Morgan fingerprint density at radius 1 is 1.47 bits per heavy atom. The third kappa shape index (κ3) is 3.72. The van der Waals surface area contributed by atoms with E-state index in [1.54, 1.807) is 0 Å². The van der Waals surface area contributed by atoms with Crippen LogP contribution >= 0.6 is 0 Å². The first kappa shape index (κ1) is 12.9. The van der Waals surface area contributed by atoms with E-state index in [9.17, 15) is 0 Å². The Balaban J connectivity index is 2.14. The van der Waals surface area contributed by atoms with E-state index < -0.39 is 0 Å². The van der Waals surface area contributed by atoms with Crippen molar-refractivity contribution in [3.63, 3.8) is 0 Å². The van der Waals surface area contributed by atoms with Gasteiger partial charge in [0.05, 0.1) is 6.10 Å². The third-order valence-electron chi connectivity index (χ3n) is 3.11. The van der Waals surface area contributed by atoms with Crippen molar-refractivity contribution in [2.75, 3.05) is 26.3 Å². The first-order valence-electron chi connectivity index (χ1n) is 5.94. The standard InChI is InChI=1S/C11H24N2O2/c1-2-15-10-7-11(8-10,9-12)13-5-3-4-6-14/h10,13-14H,2-9,12H2,1H3. The highest BCUT2D eigenvalue weighted by Crippen LogP contribution is 2.33. The lowest BCUT2D eigenvalue weighted by Gasteiger charge is -2.47. The number of aliphatic hydroxyl groups is 1. The van der Waals surface area contributed by atoms with Crippen molar-refractivity contribution in [2.24, 2.45) is 5.73 Å². The van der Waals surface area contributed by atoms with Crippen molar-refractivity contribution in [1.29, 1.82) is 0 Å². The smallest absolute Gasteiger partial charge is 0.0611 e. The molecule has 0 atom stereocenters. The van der Waals surface area contributed by atoms with Gasteiger partial charge in [-0.25, -0.2) is 0 Å². The SMILES string of the molecule is CCOC1CC(CN)(NCCCCO)C1. The second-order valence-corrected chi connectivity index (χ2v) is 4.33. The molecule has 4 nitrogen and oxygen atoms in total. The van der Waals surface area contributed by atoms with Gasteiger partial charge in [-0.15, -0.1) is 0 Å². The minimum atomic E-state index is 0.106. The van der Waals surface area contributed by atoms with Crippen molar-refractivity contribution < 1.29 is 9.84 Å². The van der Waals surface area contributed by atoms with E-state index in [4.69, 9.17) is 15.6 Å². The normalized spacial score (nSPS) is 30.2. The highest BCUT2D eigenvalue weighted by molar-refractivity contribution is 5.02. The van der Waals surface area contributed by atoms with Crippen LogP contribution in [0.3, 0.4) is 0 Å². The van der Waals surface area contributed by atoms with E-state index >= 15 is 0 Å². The monoisotopic (exact) mass is 216 g/mol. The summed E-state index contributed by atoms with van der Waals surface area (Å²) in [5.74, 6) is 0. The summed E-state index contributed by atoms with van der Waals surface area (Å²) in [6, 6.07) is 0. The van der Waals surface area contributed by atoms with Crippen LogP contribution in [0.1, 0.15) is 32.6 Å². The van der Waals surface area contributed by atoms with Gasteiger partial charge in [0.25, 0.3) is 0 Å². The predicted molar refractivity (Wildman–Crippen MR) is 60.8 cm³/mol. The zero-order valence-electron chi connectivity index (χ0n) is 9.67. The molecule has 0 amide bonds. The zero-order chi connectivity index (χ0) is 11.1. The van der Waals surface area contributed by atoms with Gasteiger partial charge in [-0.1, -0.05) is 0 Å². The molecule has 4 heteroatoms. The fourth-order valence-corrected chi connectivity index (χ4v) is 2.14. The lowest BCUT2D eigenvalue weighted by atomic mass is 9.74. The number of rotatable bonds is 8. The molecule has 90 valence electrons. The molecule has 1 rings (SSSR count). The van der Waals surface area contributed by atoms with Crippen LogP contribution in [0.4, 0.5) is 0 Å². The summed E-state index contributed by atoms with van der Waals surface area (Å²) in [4.78, 5) is 0. The van der Waals surface area contributed by atoms with Crippen LogP contribution < -0.4 is 11.1 Å². The van der Waals surface area contributed by atoms with Gasteiger partial charge in [0.2, 0.25) is 0 Å². The second-order valence-electron chi connectivity index (χ2n) is 4.33. The summed E-state index contributed by atoms with van der Waals surface area (Å²) in [7, 11) is 0. The maximum absolute atomic E-state index is 8.66. The van der Waals surface area contributed by atoms with Gasteiger partial charge in [0.1, 0.15) is 0 Å². The lowest BCUT2D eigenvalue weighted by molar-refractivity contribution is -0.0475. The van der Waals surface area contributed by atoms with Crippen LogP contribution in [-0.4, -0.2) is 43.1 Å². The minimum absolute atomic E-state index is 0.106. The summed E-state index contributed by atoms with van der Waals surface area (Å²) in [5, 5.41) is 12.2. The van der Waals surface area contributed by atoms with Gasteiger partial charge in [-0.05, 0) is 39.2 Å². The van der Waals surface area contributed by atoms with Crippen LogP contribution in [0.25, 0.3) is 0 Å². The summed E-state index contributed by atoms with van der Waals surface area (Å²) in [6.45, 7) is 4.71. The average Bonchev–Trinajstić information content (AvgIpc) is 2.20. The molecule has 0 aromatic carbocycles. The van der Waals surface area contributed by atoms with Crippen LogP contribution in [0.2, 0.25) is 0 Å². The summed E-state index contributed by atoms with van der Waals surface area (Å²) in [5.41, 5.74) is 5.88. The van der Waals surface area contributed by atoms with E-state index in [0.29, 0.717) is 12.6 Å². The van der Waals surface area contributed by atoms with Crippen LogP contribution in [0, 0.1) is 0 Å². The third-order valence-corrected chi connectivity index (χ3v) is 3.11. The predicted octanol–water partition coefficient (Wildman–Crippen LogP) is 0.245. The fourth-order valence-electron chi connectivity index (χ4n) is 2.14. The molecule has 0 bridgehead atoms. The maximum atomic E-state index is 8.66. The van der Waals surface area contributed by atoms with Crippen molar-refractivity contribution in [3.05, 3.63) is 0 Å². The number of hydrogen-bond donors (Lipinski definition) is 3. The van der Waals surface area contributed by atoms with Gasteiger partial charge in [-0.3, -0.25) is 0 Å². The second kappa shape index (κ2) is 6.43. The molecule has 0 unspecified atom stereocenters. The molecule has 1 aliphatic carbocycles. The zero-order valence-corrected chi connectivity index (χ0v) is 9.67. The molecule has 1 fully saturated rings. The van der Waals surface area contributed by atoms with E-state index in [2.05, 4.69) is 5.32 Å². The van der Waals surface area contributed by atoms with E-state index in [-0.39, 0.29) is 12.1 Å². The number of aliphatic hydroxyl groups excluding tert-OH is 1. The lowest BCUT2D eigenvalue weighted by Crippen LogP contribution is -2.62. The van der Waals surface area contributed by atoms with Gasteiger partial charge < -0.3 is 20.9 Å². The van der Waals surface area contributed by atoms with Gasteiger partial charge in [-0.2, -0.15) is 0 Å². The molecule has 1 aliphatic rings. The molecule has 0 spiro atoms. The summed E-state index contributed by atoms with van der Waals surface area (Å²) >= 11 is 0. The number of nitrogens with two attached hydrogens (primary N) is 1. The summed E-state index contributed by atoms with van der Waals surface area (Å²) in [6.07, 6.45) is 4.32. The largest absolute Gasteiger partial charge is 0.396 e. The quantitative estimate of drug-likeness (QED) is 0.509. The number of ether oxygens (including phenoxy) is 1. The molecule has 0 saturated heterocycles. The molecular weight excluding hydrogens is 192 g/mol. The molecule has 0 aromatic rings. The van der Waals surface area contributed by atoms with Crippen molar-refractivity contribution >= 4 is 0 Å². The summed E-state index contributed by atoms with van der Waals surface area (Å²) < 4.78 is 5.53. The molecule has 15 heavy (non-hydrogen) atoms. The van der Waals surface area contributed by atoms with Crippen molar-refractivity contribution in [2.45, 2.75) is 44.2 Å². The van der Waals surface area contributed by atoms with E-state index in [1.807, 2.05) is 6.92 Å².